The van der Waals surface area contributed by atoms with E-state index < -0.39 is 16.3 Å². The van der Waals surface area contributed by atoms with E-state index in [9.17, 15) is 8.42 Å². The molecule has 0 radical (unpaired) electrons. The van der Waals surface area contributed by atoms with Crippen LogP contribution in [0.5, 0.6) is 0 Å². The fourth-order valence-corrected chi connectivity index (χ4v) is 1.35. The van der Waals surface area contributed by atoms with Crippen molar-refractivity contribution in [3.8, 4) is 0 Å². The molecule has 0 saturated heterocycles. The zero-order valence-electron chi connectivity index (χ0n) is 6.90. The molecule has 0 rings (SSSR count). The van der Waals surface area contributed by atoms with Gasteiger partial charge in [0.05, 0.1) is 6.10 Å². The molecule has 0 aromatic heterocycles. The lowest BCUT2D eigenvalue weighted by atomic mass is 10.4. The summed E-state index contributed by atoms with van der Waals surface area (Å²) < 4.78 is 25.1. The monoisotopic (exact) mass is 182 g/mol. The fraction of sp³-hybridized carbons (Fsp3) is 1.00. The smallest absolute Gasteiger partial charge is 0.279 e. The zero-order chi connectivity index (χ0) is 9.07. The third kappa shape index (κ3) is 3.66. The third-order valence-corrected chi connectivity index (χ3v) is 2.68. The average molecular weight is 182 g/mol. The summed E-state index contributed by atoms with van der Waals surface area (Å²) in [6.07, 6.45) is -0.650. The molecule has 1 atom stereocenters. The van der Waals surface area contributed by atoms with E-state index in [0.29, 0.717) is 0 Å². The third-order valence-electron chi connectivity index (χ3n) is 1.19. The molecule has 68 valence electrons. The second-order valence-corrected chi connectivity index (χ2v) is 4.32. The highest BCUT2D eigenvalue weighted by molar-refractivity contribution is 7.87. The summed E-state index contributed by atoms with van der Waals surface area (Å²) in [4.78, 5) is 0. The van der Waals surface area contributed by atoms with Crippen molar-refractivity contribution in [2.75, 3.05) is 20.6 Å². The maximum absolute atomic E-state index is 10.9. The van der Waals surface area contributed by atoms with Crippen LogP contribution in [0.2, 0.25) is 0 Å². The van der Waals surface area contributed by atoms with Crippen LogP contribution >= 0.6 is 0 Å². The van der Waals surface area contributed by atoms with Gasteiger partial charge >= 0.3 is 0 Å². The first-order chi connectivity index (χ1) is 4.90. The average Bonchev–Trinajstić information content (AvgIpc) is 1.86. The van der Waals surface area contributed by atoms with Crippen LogP contribution in [-0.4, -0.2) is 44.6 Å². The molecule has 0 heterocycles. The van der Waals surface area contributed by atoms with Crippen molar-refractivity contribution in [1.82, 2.24) is 9.03 Å². The van der Waals surface area contributed by atoms with Crippen LogP contribution in [0, 0.1) is 0 Å². The van der Waals surface area contributed by atoms with Crippen LogP contribution in [0.3, 0.4) is 0 Å². The highest BCUT2D eigenvalue weighted by Crippen LogP contribution is 1.93. The molecule has 0 saturated carbocycles. The normalized spacial score (nSPS) is 15.4. The van der Waals surface area contributed by atoms with Gasteiger partial charge in [-0.15, -0.1) is 0 Å². The summed E-state index contributed by atoms with van der Waals surface area (Å²) >= 11 is 0. The minimum Gasteiger partial charge on any atom is -0.392 e. The van der Waals surface area contributed by atoms with Gasteiger partial charge in [-0.25, -0.2) is 4.72 Å². The van der Waals surface area contributed by atoms with E-state index >= 15 is 0 Å². The van der Waals surface area contributed by atoms with Crippen LogP contribution in [-0.2, 0) is 10.2 Å². The first-order valence-corrected chi connectivity index (χ1v) is 4.67. The molecule has 0 fully saturated rings. The lowest BCUT2D eigenvalue weighted by Crippen LogP contribution is -2.39. The van der Waals surface area contributed by atoms with Crippen molar-refractivity contribution < 1.29 is 13.5 Å². The van der Waals surface area contributed by atoms with Crippen LogP contribution in [0.15, 0.2) is 0 Å². The van der Waals surface area contributed by atoms with Crippen molar-refractivity contribution in [2.45, 2.75) is 13.0 Å². The molecule has 0 amide bonds. The fourth-order valence-electron chi connectivity index (χ4n) is 0.626. The van der Waals surface area contributed by atoms with Gasteiger partial charge in [0.1, 0.15) is 0 Å². The van der Waals surface area contributed by atoms with Crippen LogP contribution < -0.4 is 4.72 Å². The molecule has 5 nitrogen and oxygen atoms in total. The van der Waals surface area contributed by atoms with Crippen LogP contribution in [0.25, 0.3) is 0 Å². The Morgan fingerprint density at radius 1 is 1.64 bits per heavy atom. The summed E-state index contributed by atoms with van der Waals surface area (Å²) in [5.41, 5.74) is 0. The molecule has 0 aromatic carbocycles. The predicted molar refractivity (Wildman–Crippen MR) is 42.3 cm³/mol. The van der Waals surface area contributed by atoms with Gasteiger partial charge in [0.2, 0.25) is 0 Å². The second-order valence-electron chi connectivity index (χ2n) is 2.34. The number of nitrogens with zero attached hydrogens (tertiary/aromatic N) is 1. The number of aliphatic hydroxyl groups is 1. The van der Waals surface area contributed by atoms with Gasteiger partial charge in [0, 0.05) is 20.6 Å². The van der Waals surface area contributed by atoms with Gasteiger partial charge in [-0.3, -0.25) is 0 Å². The highest BCUT2D eigenvalue weighted by atomic mass is 32.2. The van der Waals surface area contributed by atoms with Crippen molar-refractivity contribution in [1.29, 1.82) is 0 Å². The van der Waals surface area contributed by atoms with Crippen LogP contribution in [0.1, 0.15) is 6.92 Å². The van der Waals surface area contributed by atoms with Gasteiger partial charge in [-0.1, -0.05) is 0 Å². The van der Waals surface area contributed by atoms with E-state index in [-0.39, 0.29) is 6.54 Å². The maximum Gasteiger partial charge on any atom is 0.279 e. The Kier molecular flexibility index (Phi) is 3.95. The number of hydrogen-bond acceptors (Lipinski definition) is 3. The Labute approximate surface area is 67.2 Å². The summed E-state index contributed by atoms with van der Waals surface area (Å²) in [5.74, 6) is 0. The number of likely N-dealkylation sites (N-methyl/N-ethyl adjacent to an activating group) is 1. The molecule has 2 N–H and O–H groups in total. The summed E-state index contributed by atoms with van der Waals surface area (Å²) in [5, 5.41) is 8.85. The van der Waals surface area contributed by atoms with E-state index in [1.165, 1.54) is 21.0 Å². The molecule has 0 unspecified atom stereocenters. The minimum absolute atomic E-state index is 0.100. The molecule has 0 aliphatic rings. The van der Waals surface area contributed by atoms with E-state index in [1.807, 2.05) is 0 Å². The standard InChI is InChI=1S/C5H14N2O3S/c1-5(8)4-7(3)11(9,10)6-2/h5-6,8H,4H2,1-3H3/t5-/m0/s1. The molecule has 6 heteroatoms. The van der Waals surface area contributed by atoms with Crippen molar-refractivity contribution in [3.05, 3.63) is 0 Å². The number of rotatable bonds is 4. The van der Waals surface area contributed by atoms with E-state index in [4.69, 9.17) is 5.11 Å². The van der Waals surface area contributed by atoms with E-state index in [0.717, 1.165) is 4.31 Å². The maximum atomic E-state index is 10.9. The molecular formula is C5H14N2O3S. The van der Waals surface area contributed by atoms with E-state index in [1.54, 1.807) is 0 Å². The second kappa shape index (κ2) is 4.01. The Morgan fingerprint density at radius 2 is 2.09 bits per heavy atom. The van der Waals surface area contributed by atoms with Gasteiger partial charge in [-0.05, 0) is 6.92 Å². The highest BCUT2D eigenvalue weighted by Gasteiger charge is 2.15. The number of hydrogen-bond donors (Lipinski definition) is 2. The summed E-state index contributed by atoms with van der Waals surface area (Å²) in [7, 11) is -0.641. The minimum atomic E-state index is -3.37. The molecule has 0 spiro atoms. The molecular weight excluding hydrogens is 168 g/mol. The Hall–Kier alpha value is -0.170. The zero-order valence-corrected chi connectivity index (χ0v) is 7.72. The Morgan fingerprint density at radius 3 is 2.36 bits per heavy atom. The van der Waals surface area contributed by atoms with E-state index in [2.05, 4.69) is 4.72 Å². The number of aliphatic hydroxyl groups excluding tert-OH is 1. The number of nitrogens with one attached hydrogen (secondary N) is 1. The van der Waals surface area contributed by atoms with Crippen molar-refractivity contribution in [2.24, 2.45) is 0 Å². The van der Waals surface area contributed by atoms with Crippen molar-refractivity contribution in [3.63, 3.8) is 0 Å². The first kappa shape index (κ1) is 10.8. The van der Waals surface area contributed by atoms with Crippen LogP contribution in [0.4, 0.5) is 0 Å². The Balaban J connectivity index is 4.14. The largest absolute Gasteiger partial charge is 0.392 e. The lowest BCUT2D eigenvalue weighted by Gasteiger charge is -2.17. The SMILES string of the molecule is CNS(=O)(=O)N(C)C[C@H](C)O. The van der Waals surface area contributed by atoms with Gasteiger partial charge in [0.25, 0.3) is 10.2 Å². The summed E-state index contributed by atoms with van der Waals surface area (Å²) in [6, 6.07) is 0. The molecule has 0 aliphatic carbocycles. The Bertz CT molecular complexity index is 200. The predicted octanol–water partition coefficient (Wildman–Crippen LogP) is -1.24. The molecule has 0 aliphatic heterocycles. The lowest BCUT2D eigenvalue weighted by molar-refractivity contribution is 0.170. The van der Waals surface area contributed by atoms with Gasteiger partial charge in [-0.2, -0.15) is 12.7 Å². The topological polar surface area (TPSA) is 69.6 Å². The quantitative estimate of drug-likeness (QED) is 0.571. The van der Waals surface area contributed by atoms with Crippen molar-refractivity contribution >= 4 is 10.2 Å². The van der Waals surface area contributed by atoms with Gasteiger partial charge < -0.3 is 5.11 Å². The molecule has 0 bridgehead atoms. The first-order valence-electron chi connectivity index (χ1n) is 3.23. The van der Waals surface area contributed by atoms with Gasteiger partial charge in [0.15, 0.2) is 0 Å². The molecule has 11 heavy (non-hydrogen) atoms. The molecule has 0 aromatic rings. The summed E-state index contributed by atoms with van der Waals surface area (Å²) in [6.45, 7) is 1.63.